The van der Waals surface area contributed by atoms with E-state index in [-0.39, 0.29) is 18.9 Å². The van der Waals surface area contributed by atoms with Gasteiger partial charge in [0.15, 0.2) is 0 Å². The number of aliphatic hydroxyl groups excluding tert-OH is 1. The van der Waals surface area contributed by atoms with Gasteiger partial charge in [-0.2, -0.15) is 5.10 Å². The second-order valence-corrected chi connectivity index (χ2v) is 6.34. The number of hydrogen-bond acceptors (Lipinski definition) is 4. The Morgan fingerprint density at radius 1 is 1.41 bits per heavy atom. The molecule has 2 heterocycles. The van der Waals surface area contributed by atoms with Gasteiger partial charge in [0.1, 0.15) is 6.10 Å². The average Bonchev–Trinajstić information content (AvgIpc) is 3.10. The van der Waals surface area contributed by atoms with Crippen molar-refractivity contribution in [3.8, 4) is 0 Å². The Morgan fingerprint density at radius 2 is 2.23 bits per heavy atom. The normalized spacial score (nSPS) is 12.5. The van der Waals surface area contributed by atoms with Crippen LogP contribution in [0.15, 0.2) is 36.4 Å². The summed E-state index contributed by atoms with van der Waals surface area (Å²) < 4.78 is 1.13. The number of carbonyl (C=O) groups is 1. The molecule has 0 fully saturated rings. The van der Waals surface area contributed by atoms with E-state index in [0.29, 0.717) is 5.69 Å². The molecule has 22 heavy (non-hydrogen) atoms. The Hall–Kier alpha value is -2.18. The van der Waals surface area contributed by atoms with E-state index in [4.69, 9.17) is 0 Å². The van der Waals surface area contributed by atoms with E-state index >= 15 is 0 Å². The molecule has 3 rings (SSSR count). The highest BCUT2D eigenvalue weighted by molar-refractivity contribution is 7.19. The van der Waals surface area contributed by atoms with Crippen LogP contribution in [0, 0.1) is 6.92 Å². The quantitative estimate of drug-likeness (QED) is 0.676. The Bertz CT molecular complexity index is 760. The molecule has 0 aliphatic heterocycles. The largest absolute Gasteiger partial charge is 0.386 e. The van der Waals surface area contributed by atoms with Gasteiger partial charge in [-0.3, -0.25) is 9.89 Å². The summed E-state index contributed by atoms with van der Waals surface area (Å²) >= 11 is 1.55. The summed E-state index contributed by atoms with van der Waals surface area (Å²) in [5.41, 5.74) is 1.62. The van der Waals surface area contributed by atoms with Gasteiger partial charge in [-0.15, -0.1) is 11.3 Å². The van der Waals surface area contributed by atoms with E-state index in [1.165, 1.54) is 0 Å². The number of fused-ring (bicyclic) bond motifs is 1. The van der Waals surface area contributed by atoms with Gasteiger partial charge >= 0.3 is 0 Å². The number of aryl methyl sites for hydroxylation is 1. The molecule has 114 valence electrons. The van der Waals surface area contributed by atoms with E-state index in [1.54, 1.807) is 11.3 Å². The van der Waals surface area contributed by atoms with Crippen molar-refractivity contribution < 1.29 is 9.90 Å². The Kier molecular flexibility index (Phi) is 4.22. The molecule has 0 saturated carbocycles. The van der Waals surface area contributed by atoms with Gasteiger partial charge in [-0.25, -0.2) is 0 Å². The number of aromatic nitrogens is 2. The summed E-state index contributed by atoms with van der Waals surface area (Å²) in [7, 11) is 0. The summed E-state index contributed by atoms with van der Waals surface area (Å²) in [6.45, 7) is 2.09. The topological polar surface area (TPSA) is 78.0 Å². The van der Waals surface area contributed by atoms with Crippen molar-refractivity contribution in [1.29, 1.82) is 0 Å². The smallest absolute Gasteiger partial charge is 0.226 e. The number of H-pyrrole nitrogens is 1. The maximum Gasteiger partial charge on any atom is 0.226 e. The van der Waals surface area contributed by atoms with Crippen LogP contribution >= 0.6 is 11.3 Å². The summed E-state index contributed by atoms with van der Waals surface area (Å²) in [5.74, 6) is -0.147. The molecule has 5 nitrogen and oxygen atoms in total. The van der Waals surface area contributed by atoms with E-state index in [0.717, 1.165) is 20.7 Å². The zero-order chi connectivity index (χ0) is 15.5. The van der Waals surface area contributed by atoms with Crippen molar-refractivity contribution in [2.24, 2.45) is 0 Å². The van der Waals surface area contributed by atoms with Crippen LogP contribution in [0.5, 0.6) is 0 Å². The molecule has 0 saturated heterocycles. The first-order chi connectivity index (χ1) is 10.6. The Balaban J connectivity index is 1.57. The van der Waals surface area contributed by atoms with Crippen molar-refractivity contribution in [1.82, 2.24) is 15.5 Å². The molecule has 0 aliphatic rings. The molecule has 0 aliphatic carbocycles. The van der Waals surface area contributed by atoms with Crippen LogP contribution in [-0.2, 0) is 11.2 Å². The third-order valence-corrected chi connectivity index (χ3v) is 4.58. The lowest BCUT2D eigenvalue weighted by molar-refractivity contribution is -0.120. The number of aromatic amines is 1. The van der Waals surface area contributed by atoms with E-state index in [1.807, 2.05) is 43.3 Å². The summed E-state index contributed by atoms with van der Waals surface area (Å²) in [6, 6.07) is 11.8. The molecule has 3 N–H and O–H groups in total. The standard InChI is InChI=1S/C16H17N3O2S/c1-10-6-12(19-18-10)8-16(21)17-9-13(20)15-7-11-4-2-3-5-14(11)22-15/h2-7,13,20H,8-9H2,1H3,(H,17,21)(H,18,19)/t13-/m0/s1. The third-order valence-electron chi connectivity index (χ3n) is 3.37. The molecule has 6 heteroatoms. The number of hydrogen-bond donors (Lipinski definition) is 3. The van der Waals surface area contributed by atoms with Crippen LogP contribution in [0.2, 0.25) is 0 Å². The molecule has 0 spiro atoms. The fourth-order valence-corrected chi connectivity index (χ4v) is 3.32. The molecular formula is C16H17N3O2S. The van der Waals surface area contributed by atoms with Gasteiger partial charge in [-0.05, 0) is 30.5 Å². The summed E-state index contributed by atoms with van der Waals surface area (Å²) in [4.78, 5) is 12.7. The van der Waals surface area contributed by atoms with Crippen LogP contribution < -0.4 is 5.32 Å². The minimum Gasteiger partial charge on any atom is -0.386 e. The SMILES string of the molecule is Cc1cc(CC(=O)NC[C@H](O)c2cc3ccccc3s2)n[nH]1. The van der Waals surface area contributed by atoms with Crippen molar-refractivity contribution in [3.63, 3.8) is 0 Å². The summed E-state index contributed by atoms with van der Waals surface area (Å²) in [5, 5.41) is 20.9. The number of thiophene rings is 1. The highest BCUT2D eigenvalue weighted by Gasteiger charge is 2.13. The van der Waals surface area contributed by atoms with Crippen molar-refractivity contribution in [2.45, 2.75) is 19.4 Å². The number of amides is 1. The van der Waals surface area contributed by atoms with E-state index < -0.39 is 6.10 Å². The molecule has 1 amide bonds. The second-order valence-electron chi connectivity index (χ2n) is 5.23. The maximum absolute atomic E-state index is 11.9. The highest BCUT2D eigenvalue weighted by atomic mass is 32.1. The molecule has 0 bridgehead atoms. The van der Waals surface area contributed by atoms with Gasteiger partial charge in [-0.1, -0.05) is 18.2 Å². The van der Waals surface area contributed by atoms with Gasteiger partial charge in [0, 0.05) is 21.8 Å². The van der Waals surface area contributed by atoms with E-state index in [9.17, 15) is 9.90 Å². The lowest BCUT2D eigenvalue weighted by Crippen LogP contribution is -2.29. The fraction of sp³-hybridized carbons (Fsp3) is 0.250. The first-order valence-electron chi connectivity index (χ1n) is 7.06. The van der Waals surface area contributed by atoms with Gasteiger partial charge < -0.3 is 10.4 Å². The van der Waals surface area contributed by atoms with Gasteiger partial charge in [0.05, 0.1) is 12.1 Å². The average molecular weight is 315 g/mol. The predicted octanol–water partition coefficient (Wildman–Crippen LogP) is 2.33. The molecule has 1 aromatic carbocycles. The number of benzene rings is 1. The first-order valence-corrected chi connectivity index (χ1v) is 7.87. The van der Waals surface area contributed by atoms with Crippen LogP contribution in [0.1, 0.15) is 22.4 Å². The first kappa shape index (κ1) is 14.7. The lowest BCUT2D eigenvalue weighted by atomic mass is 10.2. The molecular weight excluding hydrogens is 298 g/mol. The molecule has 3 aromatic rings. The zero-order valence-corrected chi connectivity index (χ0v) is 13.0. The number of rotatable bonds is 5. The number of carbonyl (C=O) groups excluding carboxylic acids is 1. The van der Waals surface area contributed by atoms with Crippen molar-refractivity contribution in [2.75, 3.05) is 6.54 Å². The lowest BCUT2D eigenvalue weighted by Gasteiger charge is -2.09. The summed E-state index contributed by atoms with van der Waals surface area (Å²) in [6.07, 6.45) is -0.481. The maximum atomic E-state index is 11.9. The van der Waals surface area contributed by atoms with Crippen molar-refractivity contribution in [3.05, 3.63) is 52.7 Å². The Morgan fingerprint density at radius 3 is 2.95 bits per heavy atom. The molecule has 0 unspecified atom stereocenters. The van der Waals surface area contributed by atoms with E-state index in [2.05, 4.69) is 15.5 Å². The van der Waals surface area contributed by atoms with Crippen molar-refractivity contribution >= 4 is 27.3 Å². The molecule has 0 radical (unpaired) electrons. The second kappa shape index (κ2) is 6.29. The molecule has 2 aromatic heterocycles. The third kappa shape index (κ3) is 3.35. The number of nitrogens with one attached hydrogen (secondary N) is 2. The highest BCUT2D eigenvalue weighted by Crippen LogP contribution is 2.29. The minimum atomic E-state index is -0.692. The minimum absolute atomic E-state index is 0.147. The fourth-order valence-electron chi connectivity index (χ4n) is 2.27. The zero-order valence-electron chi connectivity index (χ0n) is 12.2. The predicted molar refractivity (Wildman–Crippen MR) is 86.8 cm³/mol. The monoisotopic (exact) mass is 315 g/mol. The number of aliphatic hydroxyl groups is 1. The van der Waals surface area contributed by atoms with Crippen LogP contribution in [0.25, 0.3) is 10.1 Å². The van der Waals surface area contributed by atoms with Gasteiger partial charge in [0.2, 0.25) is 5.91 Å². The van der Waals surface area contributed by atoms with Gasteiger partial charge in [0.25, 0.3) is 0 Å². The Labute approximate surface area is 132 Å². The van der Waals surface area contributed by atoms with Crippen LogP contribution in [0.3, 0.4) is 0 Å². The van der Waals surface area contributed by atoms with Crippen LogP contribution in [-0.4, -0.2) is 27.8 Å². The number of nitrogens with zero attached hydrogens (tertiary/aromatic N) is 1. The molecule has 1 atom stereocenters. The van der Waals surface area contributed by atoms with Crippen LogP contribution in [0.4, 0.5) is 0 Å².